The summed E-state index contributed by atoms with van der Waals surface area (Å²) >= 11 is 0. The van der Waals surface area contributed by atoms with E-state index in [0.717, 1.165) is 24.0 Å². The number of hydrogen-bond donors (Lipinski definition) is 1. The van der Waals surface area contributed by atoms with E-state index in [9.17, 15) is 5.26 Å². The Morgan fingerprint density at radius 2 is 1.94 bits per heavy atom. The van der Waals surface area contributed by atoms with Gasteiger partial charge in [0.25, 0.3) is 5.89 Å². The topological polar surface area (TPSA) is 84.0 Å². The molecular formula is C29H30N4O2. The molecule has 1 heterocycles. The van der Waals surface area contributed by atoms with Crippen LogP contribution in [-0.4, -0.2) is 22.3 Å². The van der Waals surface area contributed by atoms with E-state index >= 15 is 0 Å². The molecule has 178 valence electrons. The molecule has 6 nitrogen and oxygen atoms in total. The maximum absolute atomic E-state index is 9.59. The third-order valence-corrected chi connectivity index (χ3v) is 6.71. The first-order chi connectivity index (χ1) is 17.0. The molecule has 35 heavy (non-hydrogen) atoms. The number of nitrogens with one attached hydrogen (secondary N) is 1. The number of nitrogens with zero attached hydrogens (tertiary/aromatic N) is 3. The molecule has 1 N–H and O–H groups in total. The predicted molar refractivity (Wildman–Crippen MR) is 135 cm³/mol. The fourth-order valence-corrected chi connectivity index (χ4v) is 5.02. The van der Waals surface area contributed by atoms with Gasteiger partial charge in [-0.2, -0.15) is 10.2 Å². The second-order valence-electron chi connectivity index (χ2n) is 9.47. The van der Waals surface area contributed by atoms with Crippen molar-refractivity contribution in [3.8, 4) is 17.5 Å². The highest BCUT2D eigenvalue weighted by atomic mass is 16.5. The SMILES string of the molecule is CC(C)OC1CC=C(c2nc(-c3cccc4c3CCC4NC(C)c3ccccc3)no2)C=C1C#N. The second kappa shape index (κ2) is 9.99. The summed E-state index contributed by atoms with van der Waals surface area (Å²) in [4.78, 5) is 4.71. The molecule has 0 bridgehead atoms. The van der Waals surface area contributed by atoms with Gasteiger partial charge in [0, 0.05) is 23.2 Å². The van der Waals surface area contributed by atoms with Gasteiger partial charge in [-0.3, -0.25) is 0 Å². The Hall–Kier alpha value is -3.53. The zero-order chi connectivity index (χ0) is 24.4. The van der Waals surface area contributed by atoms with Gasteiger partial charge >= 0.3 is 0 Å². The van der Waals surface area contributed by atoms with Crippen molar-refractivity contribution in [3.63, 3.8) is 0 Å². The highest BCUT2D eigenvalue weighted by Crippen LogP contribution is 2.38. The van der Waals surface area contributed by atoms with Crippen molar-refractivity contribution in [3.05, 3.63) is 88.8 Å². The molecule has 3 aromatic rings. The van der Waals surface area contributed by atoms with Gasteiger partial charge < -0.3 is 14.6 Å². The molecule has 0 saturated carbocycles. The van der Waals surface area contributed by atoms with Crippen LogP contribution < -0.4 is 5.32 Å². The van der Waals surface area contributed by atoms with E-state index in [0.29, 0.717) is 23.7 Å². The summed E-state index contributed by atoms with van der Waals surface area (Å²) in [5, 5.41) is 17.7. The molecule has 1 aromatic heterocycles. The minimum absolute atomic E-state index is 0.0517. The minimum atomic E-state index is -0.230. The average molecular weight is 467 g/mol. The highest BCUT2D eigenvalue weighted by Gasteiger charge is 2.28. The molecule has 0 fully saturated rings. The first kappa shape index (κ1) is 23.2. The smallest absolute Gasteiger partial charge is 0.257 e. The monoisotopic (exact) mass is 466 g/mol. The fraction of sp³-hybridized carbons (Fsp3) is 0.345. The number of nitriles is 1. The van der Waals surface area contributed by atoms with Crippen LogP contribution in [0.4, 0.5) is 0 Å². The van der Waals surface area contributed by atoms with Gasteiger partial charge in [0.15, 0.2) is 0 Å². The highest BCUT2D eigenvalue weighted by molar-refractivity contribution is 5.74. The summed E-state index contributed by atoms with van der Waals surface area (Å²) in [5.41, 5.74) is 6.22. The number of aromatic nitrogens is 2. The summed E-state index contributed by atoms with van der Waals surface area (Å²) in [5.74, 6) is 1.01. The number of rotatable bonds is 7. The van der Waals surface area contributed by atoms with Crippen LogP contribution in [0.5, 0.6) is 0 Å². The number of ether oxygens (including phenoxy) is 1. The van der Waals surface area contributed by atoms with Crippen LogP contribution in [0.15, 0.2) is 70.8 Å². The van der Waals surface area contributed by atoms with Crippen LogP contribution in [0.3, 0.4) is 0 Å². The molecule has 5 rings (SSSR count). The summed E-state index contributed by atoms with van der Waals surface area (Å²) < 4.78 is 11.5. The van der Waals surface area contributed by atoms with E-state index < -0.39 is 0 Å². The zero-order valence-electron chi connectivity index (χ0n) is 20.4. The second-order valence-corrected chi connectivity index (χ2v) is 9.47. The van der Waals surface area contributed by atoms with Crippen molar-refractivity contribution in [2.75, 3.05) is 0 Å². The zero-order valence-corrected chi connectivity index (χ0v) is 20.4. The average Bonchev–Trinajstić information content (AvgIpc) is 3.52. The number of benzene rings is 2. The van der Waals surface area contributed by atoms with E-state index in [4.69, 9.17) is 14.2 Å². The van der Waals surface area contributed by atoms with Crippen LogP contribution in [0, 0.1) is 11.3 Å². The summed E-state index contributed by atoms with van der Waals surface area (Å²) in [7, 11) is 0. The van der Waals surface area contributed by atoms with E-state index in [1.54, 1.807) is 6.08 Å². The molecule has 0 spiro atoms. The van der Waals surface area contributed by atoms with Gasteiger partial charge in [-0.1, -0.05) is 59.8 Å². The molecule has 2 aliphatic rings. The van der Waals surface area contributed by atoms with Crippen molar-refractivity contribution in [1.29, 1.82) is 5.26 Å². The van der Waals surface area contributed by atoms with Crippen LogP contribution in [-0.2, 0) is 11.2 Å². The molecular weight excluding hydrogens is 436 g/mol. The maximum atomic E-state index is 9.59. The molecule has 3 unspecified atom stereocenters. The number of hydrogen-bond acceptors (Lipinski definition) is 6. The lowest BCUT2D eigenvalue weighted by atomic mass is 9.97. The van der Waals surface area contributed by atoms with Gasteiger partial charge in [0.1, 0.15) is 0 Å². The lowest BCUT2D eigenvalue weighted by Crippen LogP contribution is -2.22. The molecule has 0 amide bonds. The Morgan fingerprint density at radius 1 is 1.11 bits per heavy atom. The van der Waals surface area contributed by atoms with E-state index in [1.165, 1.54) is 16.7 Å². The summed E-state index contributed by atoms with van der Waals surface area (Å²) in [6, 6.07) is 19.7. The van der Waals surface area contributed by atoms with Crippen molar-refractivity contribution in [1.82, 2.24) is 15.5 Å². The van der Waals surface area contributed by atoms with E-state index in [1.807, 2.05) is 26.0 Å². The third-order valence-electron chi connectivity index (χ3n) is 6.71. The Bertz CT molecular complexity index is 1300. The molecule has 6 heteroatoms. The van der Waals surface area contributed by atoms with Gasteiger partial charge in [-0.25, -0.2) is 0 Å². The van der Waals surface area contributed by atoms with Crippen molar-refractivity contribution >= 4 is 5.57 Å². The van der Waals surface area contributed by atoms with Crippen molar-refractivity contribution < 1.29 is 9.26 Å². The third kappa shape index (κ3) is 4.84. The van der Waals surface area contributed by atoms with Crippen molar-refractivity contribution in [2.24, 2.45) is 0 Å². The Morgan fingerprint density at radius 3 is 2.71 bits per heavy atom. The largest absolute Gasteiger partial charge is 0.370 e. The van der Waals surface area contributed by atoms with Crippen LogP contribution in [0.25, 0.3) is 17.0 Å². The molecule has 2 aliphatic carbocycles. The van der Waals surface area contributed by atoms with Crippen LogP contribution in [0.1, 0.15) is 68.3 Å². The normalized spacial score (nSPS) is 20.2. The first-order valence-electron chi connectivity index (χ1n) is 12.3. The quantitative estimate of drug-likeness (QED) is 0.453. The van der Waals surface area contributed by atoms with Gasteiger partial charge in [0.05, 0.1) is 23.9 Å². The molecule has 0 saturated heterocycles. The Labute approximate surface area is 206 Å². The summed E-state index contributed by atoms with van der Waals surface area (Å²) in [6.07, 6.45) is 6.23. The first-order valence-corrected chi connectivity index (χ1v) is 12.3. The van der Waals surface area contributed by atoms with Gasteiger partial charge in [0.2, 0.25) is 5.82 Å². The lowest BCUT2D eigenvalue weighted by molar-refractivity contribution is 0.0327. The van der Waals surface area contributed by atoms with E-state index in [-0.39, 0.29) is 24.3 Å². The van der Waals surface area contributed by atoms with E-state index in [2.05, 4.69) is 65.9 Å². The van der Waals surface area contributed by atoms with Gasteiger partial charge in [-0.15, -0.1) is 0 Å². The summed E-state index contributed by atoms with van der Waals surface area (Å²) in [6.45, 7) is 6.15. The van der Waals surface area contributed by atoms with Gasteiger partial charge in [-0.05, 0) is 62.8 Å². The predicted octanol–water partition coefficient (Wildman–Crippen LogP) is 6.11. The Kier molecular flexibility index (Phi) is 6.63. The van der Waals surface area contributed by atoms with Crippen LogP contribution >= 0.6 is 0 Å². The van der Waals surface area contributed by atoms with Crippen molar-refractivity contribution in [2.45, 2.75) is 64.3 Å². The molecule has 0 aliphatic heterocycles. The van der Waals surface area contributed by atoms with Crippen LogP contribution in [0.2, 0.25) is 0 Å². The molecule has 3 atom stereocenters. The Balaban J connectivity index is 1.36. The molecule has 0 radical (unpaired) electrons. The standard InChI is InChI=1S/C29H30N4O2/c1-18(2)34-27-15-12-21(16-22(27)17-30)29-32-28(33-35-29)25-11-7-10-24-23(25)13-14-26(24)31-19(3)20-8-5-4-6-9-20/h4-12,16,18-19,26-27,31H,13-15H2,1-3H3. The number of allylic oxidation sites excluding steroid dienone is 2. The lowest BCUT2D eigenvalue weighted by Gasteiger charge is -2.21. The number of fused-ring (bicyclic) bond motifs is 1. The maximum Gasteiger partial charge on any atom is 0.257 e. The molecule has 2 aromatic carbocycles. The fourth-order valence-electron chi connectivity index (χ4n) is 5.02. The minimum Gasteiger partial charge on any atom is -0.370 e.